The molecule has 1 aromatic heterocycles. The van der Waals surface area contributed by atoms with E-state index in [2.05, 4.69) is 20.5 Å². The normalized spacial score (nSPS) is 12.4. The van der Waals surface area contributed by atoms with E-state index in [1.165, 1.54) is 0 Å². The number of carboxylic acids is 1. The Morgan fingerprint density at radius 2 is 2.11 bits per heavy atom. The molecule has 7 heteroatoms. The largest absolute Gasteiger partial charge is 0.480 e. The van der Waals surface area contributed by atoms with Crippen molar-refractivity contribution >= 4 is 11.9 Å². The van der Waals surface area contributed by atoms with Gasteiger partial charge >= 0.3 is 5.97 Å². The number of carboxylic acid groups (broad SMARTS) is 1. The molecule has 0 aliphatic heterocycles. The number of hydrogen-bond donors (Lipinski definition) is 3. The molecule has 1 atom stereocenters. The molecule has 0 aromatic carbocycles. The van der Waals surface area contributed by atoms with Crippen LogP contribution in [-0.4, -0.2) is 38.2 Å². The van der Waals surface area contributed by atoms with Gasteiger partial charge in [-0.05, 0) is 12.3 Å². The van der Waals surface area contributed by atoms with Gasteiger partial charge in [0.2, 0.25) is 5.82 Å². The fourth-order valence-electron chi connectivity index (χ4n) is 1.46. The lowest BCUT2D eigenvalue weighted by Gasteiger charge is -2.16. The number of rotatable bonds is 6. The minimum absolute atomic E-state index is 0.0228. The SMILES string of the molecule is CCCc1nc(C(=O)NC(C(=O)O)C(C)C)n[nH]1. The molecule has 0 saturated carbocycles. The van der Waals surface area contributed by atoms with E-state index in [4.69, 9.17) is 5.11 Å². The summed E-state index contributed by atoms with van der Waals surface area (Å²) in [6.07, 6.45) is 1.59. The topological polar surface area (TPSA) is 108 Å². The van der Waals surface area contributed by atoms with E-state index in [1.807, 2.05) is 6.92 Å². The standard InChI is InChI=1S/C11H18N4O3/c1-4-5-7-12-9(15-14-7)10(16)13-8(6(2)3)11(17)18/h6,8H,4-5H2,1-3H3,(H,13,16)(H,17,18)(H,12,14,15). The summed E-state index contributed by atoms with van der Waals surface area (Å²) in [5.41, 5.74) is 0. The fraction of sp³-hybridized carbons (Fsp3) is 0.636. The first-order valence-corrected chi connectivity index (χ1v) is 5.90. The summed E-state index contributed by atoms with van der Waals surface area (Å²) in [7, 11) is 0. The Morgan fingerprint density at radius 1 is 1.44 bits per heavy atom. The lowest BCUT2D eigenvalue weighted by Crippen LogP contribution is -2.44. The summed E-state index contributed by atoms with van der Waals surface area (Å²) in [6.45, 7) is 5.43. The first-order valence-electron chi connectivity index (χ1n) is 5.90. The van der Waals surface area contributed by atoms with Gasteiger partial charge in [0.1, 0.15) is 11.9 Å². The van der Waals surface area contributed by atoms with Gasteiger partial charge in [0.25, 0.3) is 5.91 Å². The molecule has 0 spiro atoms. The van der Waals surface area contributed by atoms with Crippen LogP contribution in [0.5, 0.6) is 0 Å². The van der Waals surface area contributed by atoms with Gasteiger partial charge in [-0.2, -0.15) is 0 Å². The number of nitrogens with zero attached hydrogens (tertiary/aromatic N) is 2. The fourth-order valence-corrected chi connectivity index (χ4v) is 1.46. The molecule has 7 nitrogen and oxygen atoms in total. The van der Waals surface area contributed by atoms with Gasteiger partial charge in [0, 0.05) is 6.42 Å². The van der Waals surface area contributed by atoms with Gasteiger partial charge in [-0.3, -0.25) is 9.89 Å². The van der Waals surface area contributed by atoms with E-state index in [-0.39, 0.29) is 11.7 Å². The Labute approximate surface area is 105 Å². The van der Waals surface area contributed by atoms with E-state index in [9.17, 15) is 9.59 Å². The molecule has 0 aliphatic carbocycles. The van der Waals surface area contributed by atoms with Gasteiger partial charge in [0.05, 0.1) is 0 Å². The van der Waals surface area contributed by atoms with E-state index in [1.54, 1.807) is 13.8 Å². The highest BCUT2D eigenvalue weighted by molar-refractivity contribution is 5.93. The second-order valence-corrected chi connectivity index (χ2v) is 4.39. The molecule has 0 fully saturated rings. The van der Waals surface area contributed by atoms with E-state index >= 15 is 0 Å². The summed E-state index contributed by atoms with van der Waals surface area (Å²) in [4.78, 5) is 26.7. The van der Waals surface area contributed by atoms with Crippen LogP contribution in [0.25, 0.3) is 0 Å². The molecule has 1 unspecified atom stereocenters. The van der Waals surface area contributed by atoms with Crippen molar-refractivity contribution in [1.82, 2.24) is 20.5 Å². The predicted molar refractivity (Wildman–Crippen MR) is 64.1 cm³/mol. The third kappa shape index (κ3) is 3.54. The number of aryl methyl sites for hydroxylation is 1. The molecular formula is C11H18N4O3. The van der Waals surface area contributed by atoms with Crippen LogP contribution < -0.4 is 5.32 Å². The molecule has 1 amide bonds. The quantitative estimate of drug-likeness (QED) is 0.688. The van der Waals surface area contributed by atoms with Crippen molar-refractivity contribution in [3.05, 3.63) is 11.6 Å². The van der Waals surface area contributed by atoms with Crippen molar-refractivity contribution in [2.45, 2.75) is 39.7 Å². The molecular weight excluding hydrogens is 236 g/mol. The average Bonchev–Trinajstić information content (AvgIpc) is 2.73. The van der Waals surface area contributed by atoms with Crippen LogP contribution in [0.15, 0.2) is 0 Å². The maximum absolute atomic E-state index is 11.8. The number of hydrogen-bond acceptors (Lipinski definition) is 4. The van der Waals surface area contributed by atoms with Crippen molar-refractivity contribution in [2.24, 2.45) is 5.92 Å². The van der Waals surface area contributed by atoms with Gasteiger partial charge in [-0.15, -0.1) is 5.10 Å². The highest BCUT2D eigenvalue weighted by atomic mass is 16.4. The van der Waals surface area contributed by atoms with Crippen LogP contribution in [0.2, 0.25) is 0 Å². The minimum atomic E-state index is -1.07. The Morgan fingerprint density at radius 3 is 2.61 bits per heavy atom. The lowest BCUT2D eigenvalue weighted by molar-refractivity contribution is -0.140. The minimum Gasteiger partial charge on any atom is -0.480 e. The van der Waals surface area contributed by atoms with Crippen molar-refractivity contribution < 1.29 is 14.7 Å². The van der Waals surface area contributed by atoms with Crippen LogP contribution >= 0.6 is 0 Å². The predicted octanol–water partition coefficient (Wildman–Crippen LogP) is 0.596. The monoisotopic (exact) mass is 254 g/mol. The summed E-state index contributed by atoms with van der Waals surface area (Å²) in [5, 5.41) is 17.8. The molecule has 1 aromatic rings. The molecule has 100 valence electrons. The van der Waals surface area contributed by atoms with Crippen molar-refractivity contribution in [1.29, 1.82) is 0 Å². The molecule has 1 rings (SSSR count). The summed E-state index contributed by atoms with van der Waals surface area (Å²) in [6, 6.07) is -0.939. The Balaban J connectivity index is 2.71. The van der Waals surface area contributed by atoms with Gasteiger partial charge in [0.15, 0.2) is 0 Å². The number of nitrogens with one attached hydrogen (secondary N) is 2. The molecule has 0 radical (unpaired) electrons. The Kier molecular flexibility index (Phi) is 4.82. The third-order valence-corrected chi connectivity index (χ3v) is 2.44. The van der Waals surface area contributed by atoms with Crippen molar-refractivity contribution in [2.75, 3.05) is 0 Å². The number of amides is 1. The zero-order chi connectivity index (χ0) is 13.7. The summed E-state index contributed by atoms with van der Waals surface area (Å²) < 4.78 is 0. The molecule has 0 aliphatic rings. The molecule has 18 heavy (non-hydrogen) atoms. The van der Waals surface area contributed by atoms with Gasteiger partial charge in [-0.1, -0.05) is 20.8 Å². The third-order valence-electron chi connectivity index (χ3n) is 2.44. The number of aliphatic carboxylic acids is 1. The number of aromatic nitrogens is 3. The molecule has 0 bridgehead atoms. The van der Waals surface area contributed by atoms with Crippen LogP contribution in [0.1, 0.15) is 43.6 Å². The first-order chi connectivity index (χ1) is 8.45. The first kappa shape index (κ1) is 14.1. The number of aromatic amines is 1. The Hall–Kier alpha value is -1.92. The average molecular weight is 254 g/mol. The maximum atomic E-state index is 11.8. The van der Waals surface area contributed by atoms with Crippen LogP contribution in [0, 0.1) is 5.92 Å². The van der Waals surface area contributed by atoms with Crippen LogP contribution in [0.3, 0.4) is 0 Å². The number of carbonyl (C=O) groups is 2. The van der Waals surface area contributed by atoms with E-state index in [0.717, 1.165) is 6.42 Å². The van der Waals surface area contributed by atoms with E-state index < -0.39 is 17.9 Å². The summed E-state index contributed by atoms with van der Waals surface area (Å²) in [5.74, 6) is -1.25. The van der Waals surface area contributed by atoms with Gasteiger partial charge in [-0.25, -0.2) is 9.78 Å². The van der Waals surface area contributed by atoms with Crippen LogP contribution in [-0.2, 0) is 11.2 Å². The maximum Gasteiger partial charge on any atom is 0.326 e. The molecule has 1 heterocycles. The van der Waals surface area contributed by atoms with Crippen LogP contribution in [0.4, 0.5) is 0 Å². The highest BCUT2D eigenvalue weighted by Gasteiger charge is 2.25. The number of H-pyrrole nitrogens is 1. The second-order valence-electron chi connectivity index (χ2n) is 4.39. The van der Waals surface area contributed by atoms with Gasteiger partial charge < -0.3 is 10.4 Å². The zero-order valence-electron chi connectivity index (χ0n) is 10.7. The van der Waals surface area contributed by atoms with E-state index in [0.29, 0.717) is 12.2 Å². The Bertz CT molecular complexity index is 428. The molecule has 3 N–H and O–H groups in total. The zero-order valence-corrected chi connectivity index (χ0v) is 10.7. The lowest BCUT2D eigenvalue weighted by atomic mass is 10.1. The van der Waals surface area contributed by atoms with Crippen molar-refractivity contribution in [3.63, 3.8) is 0 Å². The summed E-state index contributed by atoms with van der Waals surface area (Å²) >= 11 is 0. The smallest absolute Gasteiger partial charge is 0.326 e. The second kappa shape index (κ2) is 6.13. The highest BCUT2D eigenvalue weighted by Crippen LogP contribution is 2.03. The van der Waals surface area contributed by atoms with Crippen molar-refractivity contribution in [3.8, 4) is 0 Å². The number of carbonyl (C=O) groups excluding carboxylic acids is 1. The molecule has 0 saturated heterocycles.